The van der Waals surface area contributed by atoms with Crippen molar-refractivity contribution >= 4 is 17.9 Å². The molecule has 0 spiro atoms. The van der Waals surface area contributed by atoms with E-state index in [-0.39, 0.29) is 5.92 Å². The number of amides is 3. The number of hydrogen-bond acceptors (Lipinski definition) is 4. The van der Waals surface area contributed by atoms with Gasteiger partial charge < -0.3 is 10.1 Å². The lowest BCUT2D eigenvalue weighted by Gasteiger charge is -2.10. The fourth-order valence-corrected chi connectivity index (χ4v) is 1.68. The zero-order valence-electron chi connectivity index (χ0n) is 13.4. The lowest BCUT2D eigenvalue weighted by Crippen LogP contribution is -2.42. The summed E-state index contributed by atoms with van der Waals surface area (Å²) >= 11 is 0. The normalized spacial score (nSPS) is 10.2. The molecule has 1 rings (SSSR count). The van der Waals surface area contributed by atoms with Gasteiger partial charge in [-0.25, -0.2) is 9.59 Å². The van der Waals surface area contributed by atoms with Crippen LogP contribution in [0.3, 0.4) is 0 Å². The summed E-state index contributed by atoms with van der Waals surface area (Å²) in [6, 6.07) is 4.68. The van der Waals surface area contributed by atoms with Crippen LogP contribution >= 0.6 is 0 Å². The number of aryl methyl sites for hydroxylation is 1. The summed E-state index contributed by atoms with van der Waals surface area (Å²) in [5.41, 5.74) is 2.19. The van der Waals surface area contributed by atoms with Gasteiger partial charge in [-0.3, -0.25) is 10.1 Å². The maximum atomic E-state index is 11.9. The van der Waals surface area contributed by atoms with E-state index in [9.17, 15) is 14.4 Å². The van der Waals surface area contributed by atoms with E-state index in [1.165, 1.54) is 0 Å². The minimum Gasteiger partial charge on any atom is -0.452 e. The third-order valence-electron chi connectivity index (χ3n) is 3.08. The van der Waals surface area contributed by atoms with Crippen molar-refractivity contribution in [3.05, 3.63) is 34.9 Å². The molecule has 0 heterocycles. The Morgan fingerprint density at radius 2 is 1.86 bits per heavy atom. The highest BCUT2D eigenvalue weighted by Crippen LogP contribution is 2.13. The Morgan fingerprint density at radius 1 is 1.18 bits per heavy atom. The number of rotatable bonds is 5. The van der Waals surface area contributed by atoms with Crippen LogP contribution in [-0.2, 0) is 9.53 Å². The van der Waals surface area contributed by atoms with Crippen LogP contribution < -0.4 is 10.6 Å². The zero-order valence-corrected chi connectivity index (χ0v) is 13.4. The molecular weight excluding hydrogens is 284 g/mol. The van der Waals surface area contributed by atoms with E-state index in [0.717, 1.165) is 11.1 Å². The highest BCUT2D eigenvalue weighted by Gasteiger charge is 2.14. The molecule has 0 aromatic heterocycles. The van der Waals surface area contributed by atoms with Crippen molar-refractivity contribution < 1.29 is 19.1 Å². The van der Waals surface area contributed by atoms with Gasteiger partial charge in [0.2, 0.25) is 0 Å². The number of hydrogen-bond donors (Lipinski definition) is 2. The number of ether oxygens (including phenoxy) is 1. The van der Waals surface area contributed by atoms with Crippen LogP contribution in [0.2, 0.25) is 0 Å². The molecule has 1 aromatic carbocycles. The molecule has 0 unspecified atom stereocenters. The summed E-state index contributed by atoms with van der Waals surface area (Å²) in [5.74, 6) is -0.971. The van der Waals surface area contributed by atoms with E-state index in [2.05, 4.69) is 10.6 Å². The minimum atomic E-state index is -0.667. The Hall–Kier alpha value is -2.37. The first-order valence-corrected chi connectivity index (χ1v) is 7.12. The minimum absolute atomic E-state index is 0.281. The highest BCUT2D eigenvalue weighted by atomic mass is 16.5. The number of carbonyl (C=O) groups is 3. The van der Waals surface area contributed by atoms with Crippen LogP contribution in [0.5, 0.6) is 0 Å². The van der Waals surface area contributed by atoms with E-state index < -0.39 is 24.5 Å². The molecule has 0 aliphatic heterocycles. The molecule has 6 heteroatoms. The van der Waals surface area contributed by atoms with E-state index in [0.29, 0.717) is 12.1 Å². The number of imide groups is 1. The van der Waals surface area contributed by atoms with Gasteiger partial charge in [-0.1, -0.05) is 26.0 Å². The fourth-order valence-electron chi connectivity index (χ4n) is 1.68. The number of benzene rings is 1. The van der Waals surface area contributed by atoms with Crippen LogP contribution in [0, 0.1) is 19.8 Å². The molecule has 1 aromatic rings. The quantitative estimate of drug-likeness (QED) is 0.814. The summed E-state index contributed by atoms with van der Waals surface area (Å²) in [6.07, 6.45) is 0. The van der Waals surface area contributed by atoms with Crippen molar-refractivity contribution in [1.29, 1.82) is 0 Å². The van der Waals surface area contributed by atoms with Gasteiger partial charge in [0.25, 0.3) is 5.91 Å². The molecule has 0 aliphatic rings. The Morgan fingerprint density at radius 3 is 2.50 bits per heavy atom. The van der Waals surface area contributed by atoms with Crippen molar-refractivity contribution in [3.63, 3.8) is 0 Å². The van der Waals surface area contributed by atoms with Crippen LogP contribution in [0.1, 0.15) is 35.3 Å². The zero-order chi connectivity index (χ0) is 16.7. The van der Waals surface area contributed by atoms with Crippen molar-refractivity contribution in [3.8, 4) is 0 Å². The van der Waals surface area contributed by atoms with Gasteiger partial charge in [0.05, 0.1) is 5.56 Å². The molecule has 3 amide bonds. The largest absolute Gasteiger partial charge is 0.452 e. The van der Waals surface area contributed by atoms with Gasteiger partial charge in [0.1, 0.15) is 0 Å². The average Bonchev–Trinajstić information content (AvgIpc) is 2.45. The first-order valence-electron chi connectivity index (χ1n) is 7.12. The first-order chi connectivity index (χ1) is 10.3. The molecule has 6 nitrogen and oxygen atoms in total. The van der Waals surface area contributed by atoms with E-state index in [1.54, 1.807) is 12.1 Å². The van der Waals surface area contributed by atoms with Crippen molar-refractivity contribution in [2.75, 3.05) is 13.2 Å². The van der Waals surface area contributed by atoms with Crippen molar-refractivity contribution in [2.45, 2.75) is 27.7 Å². The molecule has 0 saturated heterocycles. The van der Waals surface area contributed by atoms with Gasteiger partial charge in [-0.15, -0.1) is 0 Å². The smallest absolute Gasteiger partial charge is 0.338 e. The maximum absolute atomic E-state index is 11.9. The van der Waals surface area contributed by atoms with Gasteiger partial charge in [-0.05, 0) is 37.0 Å². The summed E-state index contributed by atoms with van der Waals surface area (Å²) in [5, 5.41) is 4.64. The molecule has 0 bridgehead atoms. The predicted molar refractivity (Wildman–Crippen MR) is 82.6 cm³/mol. The van der Waals surface area contributed by atoms with Crippen molar-refractivity contribution in [1.82, 2.24) is 10.6 Å². The second kappa shape index (κ2) is 8.17. The summed E-state index contributed by atoms with van der Waals surface area (Å²) < 4.78 is 4.92. The Bertz CT molecular complexity index is 567. The molecule has 0 fully saturated rings. The molecule has 0 radical (unpaired) electrons. The van der Waals surface area contributed by atoms with E-state index in [4.69, 9.17) is 4.74 Å². The monoisotopic (exact) mass is 306 g/mol. The SMILES string of the molecule is Cc1cccc(C(=O)OCC(=O)NC(=O)NCC(C)C)c1C. The average molecular weight is 306 g/mol. The lowest BCUT2D eigenvalue weighted by atomic mass is 10.0. The van der Waals surface area contributed by atoms with Crippen molar-refractivity contribution in [2.24, 2.45) is 5.92 Å². The second-order valence-corrected chi connectivity index (χ2v) is 5.48. The molecule has 0 aliphatic carbocycles. The second-order valence-electron chi connectivity index (χ2n) is 5.48. The standard InChI is InChI=1S/C16H22N2O4/c1-10(2)8-17-16(21)18-14(19)9-22-15(20)13-7-5-6-11(3)12(13)4/h5-7,10H,8-9H2,1-4H3,(H2,17,18,19,21). The summed E-state index contributed by atoms with van der Waals surface area (Å²) in [6.45, 7) is 7.54. The highest BCUT2D eigenvalue weighted by molar-refractivity contribution is 5.97. The van der Waals surface area contributed by atoms with Crippen LogP contribution in [0.25, 0.3) is 0 Å². The van der Waals surface area contributed by atoms with Gasteiger partial charge >= 0.3 is 12.0 Å². The Balaban J connectivity index is 2.45. The van der Waals surface area contributed by atoms with E-state index >= 15 is 0 Å². The number of esters is 1. The summed E-state index contributed by atoms with van der Waals surface area (Å²) in [7, 11) is 0. The molecule has 120 valence electrons. The lowest BCUT2D eigenvalue weighted by molar-refractivity contribution is -0.123. The van der Waals surface area contributed by atoms with Crippen LogP contribution in [0.4, 0.5) is 4.79 Å². The molecule has 2 N–H and O–H groups in total. The van der Waals surface area contributed by atoms with Gasteiger partial charge in [0.15, 0.2) is 6.61 Å². The topological polar surface area (TPSA) is 84.5 Å². The van der Waals surface area contributed by atoms with E-state index in [1.807, 2.05) is 33.8 Å². The molecule has 0 saturated carbocycles. The van der Waals surface area contributed by atoms with Crippen LogP contribution in [0.15, 0.2) is 18.2 Å². The van der Waals surface area contributed by atoms with Gasteiger partial charge in [-0.2, -0.15) is 0 Å². The molecule has 0 atom stereocenters. The molecular formula is C16H22N2O4. The number of nitrogens with one attached hydrogen (secondary N) is 2. The molecule has 22 heavy (non-hydrogen) atoms. The number of carbonyl (C=O) groups excluding carboxylic acids is 3. The first kappa shape index (κ1) is 17.7. The van der Waals surface area contributed by atoms with Gasteiger partial charge in [0, 0.05) is 6.54 Å². The predicted octanol–water partition coefficient (Wildman–Crippen LogP) is 1.94. The third-order valence-corrected chi connectivity index (χ3v) is 3.08. The Labute approximate surface area is 130 Å². The Kier molecular flexibility index (Phi) is 6.56. The van der Waals surface area contributed by atoms with Crippen LogP contribution in [-0.4, -0.2) is 31.1 Å². The maximum Gasteiger partial charge on any atom is 0.338 e. The summed E-state index contributed by atoms with van der Waals surface area (Å²) in [4.78, 5) is 34.8. The number of urea groups is 1. The fraction of sp³-hybridized carbons (Fsp3) is 0.438. The third kappa shape index (κ3) is 5.55.